The second kappa shape index (κ2) is 5.05. The van der Waals surface area contributed by atoms with Gasteiger partial charge in [0.15, 0.2) is 0 Å². The third-order valence-electron chi connectivity index (χ3n) is 2.34. The summed E-state index contributed by atoms with van der Waals surface area (Å²) in [6.45, 7) is 11.1. The molecule has 0 aliphatic carbocycles. The predicted molar refractivity (Wildman–Crippen MR) is 63.8 cm³/mol. The van der Waals surface area contributed by atoms with Gasteiger partial charge in [0.25, 0.3) is 0 Å². The maximum Gasteiger partial charge on any atom is 0.0497 e. The van der Waals surface area contributed by atoms with Crippen molar-refractivity contribution in [2.45, 2.75) is 13.8 Å². The Morgan fingerprint density at radius 3 is 2.27 bits per heavy atom. The van der Waals surface area contributed by atoms with Crippen LogP contribution in [0.3, 0.4) is 0 Å². The summed E-state index contributed by atoms with van der Waals surface area (Å²) in [6.07, 6.45) is 5.33. The minimum absolute atomic E-state index is 0.756. The van der Waals surface area contributed by atoms with Gasteiger partial charge in [0.2, 0.25) is 0 Å². The number of allylic oxidation sites excluding steroid dienone is 3. The molecule has 0 N–H and O–H groups in total. The standard InChI is InChI=1S/C15H12/c1-5-12(3)13(4)15(6-2)14-10-8-7-9-11-14/h1,7-11H,3-4H3/b13-12+. The zero-order valence-electron chi connectivity index (χ0n) is 8.96. The maximum atomic E-state index is 7.31. The van der Waals surface area contributed by atoms with E-state index in [1.165, 1.54) is 0 Å². The minimum atomic E-state index is 0.756. The second-order valence-corrected chi connectivity index (χ2v) is 3.26. The molecule has 0 saturated heterocycles. The molecular weight excluding hydrogens is 180 g/mol. The van der Waals surface area contributed by atoms with Gasteiger partial charge >= 0.3 is 0 Å². The van der Waals surface area contributed by atoms with Gasteiger partial charge in [-0.1, -0.05) is 36.3 Å². The normalized spacial score (nSPS) is 11.0. The molecule has 0 saturated carbocycles. The van der Waals surface area contributed by atoms with Gasteiger partial charge in [-0.05, 0) is 25.0 Å². The van der Waals surface area contributed by atoms with Gasteiger partial charge in [-0.15, -0.1) is 12.2 Å². The average molecular weight is 192 g/mol. The number of hydrogen-bond acceptors (Lipinski definition) is 0. The predicted octanol–water partition coefficient (Wildman–Crippen LogP) is 3.50. The van der Waals surface area contributed by atoms with E-state index in [1.54, 1.807) is 0 Å². The molecule has 15 heavy (non-hydrogen) atoms. The fourth-order valence-electron chi connectivity index (χ4n) is 1.28. The summed E-state index contributed by atoms with van der Waals surface area (Å²) in [6, 6.07) is 9.71. The van der Waals surface area contributed by atoms with Crippen LogP contribution in [0, 0.1) is 18.9 Å². The van der Waals surface area contributed by atoms with Crippen molar-refractivity contribution in [2.75, 3.05) is 0 Å². The van der Waals surface area contributed by atoms with Crippen molar-refractivity contribution < 1.29 is 0 Å². The molecule has 0 aliphatic rings. The van der Waals surface area contributed by atoms with Crippen molar-refractivity contribution in [3.8, 4) is 12.3 Å². The molecule has 0 nitrogen and oxygen atoms in total. The molecule has 0 fully saturated rings. The zero-order chi connectivity index (χ0) is 11.3. The van der Waals surface area contributed by atoms with Crippen LogP contribution in [0.5, 0.6) is 0 Å². The van der Waals surface area contributed by atoms with Crippen molar-refractivity contribution in [3.63, 3.8) is 0 Å². The first-order chi connectivity index (χ1) is 7.20. The van der Waals surface area contributed by atoms with Crippen LogP contribution in [0.4, 0.5) is 0 Å². The first-order valence-corrected chi connectivity index (χ1v) is 4.70. The minimum Gasteiger partial charge on any atom is -0.115 e. The molecule has 2 radical (unpaired) electrons. The van der Waals surface area contributed by atoms with Crippen LogP contribution in [0.1, 0.15) is 19.4 Å². The number of terminal acetylenes is 1. The van der Waals surface area contributed by atoms with Gasteiger partial charge in [0.05, 0.1) is 0 Å². The van der Waals surface area contributed by atoms with E-state index in [-0.39, 0.29) is 0 Å². The Morgan fingerprint density at radius 1 is 1.20 bits per heavy atom. The third-order valence-corrected chi connectivity index (χ3v) is 2.34. The van der Waals surface area contributed by atoms with E-state index < -0.39 is 0 Å². The first-order valence-electron chi connectivity index (χ1n) is 4.70. The van der Waals surface area contributed by atoms with Crippen LogP contribution in [-0.4, -0.2) is 0 Å². The van der Waals surface area contributed by atoms with E-state index in [0.29, 0.717) is 0 Å². The SMILES string of the molecule is [C]=C=C(/C(C)=C(\C)C#C)c1ccccc1. The lowest BCUT2D eigenvalue weighted by molar-refractivity contribution is 1.40. The highest BCUT2D eigenvalue weighted by atomic mass is 14.1. The molecule has 0 aromatic heterocycles. The molecule has 0 amide bonds. The molecule has 0 aliphatic heterocycles. The van der Waals surface area contributed by atoms with Crippen molar-refractivity contribution in [1.29, 1.82) is 0 Å². The van der Waals surface area contributed by atoms with Crippen LogP contribution >= 0.6 is 0 Å². The highest BCUT2D eigenvalue weighted by Crippen LogP contribution is 2.23. The summed E-state index contributed by atoms with van der Waals surface area (Å²) < 4.78 is 0. The lowest BCUT2D eigenvalue weighted by Gasteiger charge is -2.06. The molecule has 1 rings (SSSR count). The number of benzene rings is 1. The Bertz CT molecular complexity index is 461. The second-order valence-electron chi connectivity index (χ2n) is 3.26. The van der Waals surface area contributed by atoms with E-state index in [0.717, 1.165) is 22.3 Å². The average Bonchev–Trinajstić information content (AvgIpc) is 2.30. The third kappa shape index (κ3) is 2.50. The van der Waals surface area contributed by atoms with Crippen LogP contribution in [0.2, 0.25) is 0 Å². The quantitative estimate of drug-likeness (QED) is 0.382. The summed E-state index contributed by atoms with van der Waals surface area (Å²) in [4.78, 5) is 0. The molecule has 0 heteroatoms. The first kappa shape index (κ1) is 11.1. The lowest BCUT2D eigenvalue weighted by atomic mass is 9.97. The monoisotopic (exact) mass is 192 g/mol. The summed E-state index contributed by atoms with van der Waals surface area (Å²) in [5.74, 6) is 2.58. The molecule has 1 aromatic rings. The van der Waals surface area contributed by atoms with Crippen LogP contribution in [0.25, 0.3) is 5.57 Å². The molecule has 1 aromatic carbocycles. The van der Waals surface area contributed by atoms with Gasteiger partial charge < -0.3 is 0 Å². The van der Waals surface area contributed by atoms with Gasteiger partial charge in [-0.2, -0.15) is 0 Å². The van der Waals surface area contributed by atoms with Gasteiger partial charge in [-0.25, -0.2) is 0 Å². The maximum absolute atomic E-state index is 7.31. The highest BCUT2D eigenvalue weighted by Gasteiger charge is 2.04. The molecule has 0 atom stereocenters. The Kier molecular flexibility index (Phi) is 3.75. The van der Waals surface area contributed by atoms with Gasteiger partial charge in [0.1, 0.15) is 0 Å². The number of rotatable bonds is 2. The van der Waals surface area contributed by atoms with Crippen LogP contribution in [-0.2, 0) is 0 Å². The van der Waals surface area contributed by atoms with Crippen LogP contribution in [0.15, 0.2) is 47.2 Å². The summed E-state index contributed by atoms with van der Waals surface area (Å²) in [5, 5.41) is 0. The molecule has 0 heterocycles. The van der Waals surface area contributed by atoms with Crippen LogP contribution < -0.4 is 0 Å². The highest BCUT2D eigenvalue weighted by molar-refractivity contribution is 5.79. The summed E-state index contributed by atoms with van der Waals surface area (Å²) in [7, 11) is 0. The number of hydrogen-bond donors (Lipinski definition) is 0. The van der Waals surface area contributed by atoms with Gasteiger partial charge in [0, 0.05) is 17.7 Å². The van der Waals surface area contributed by atoms with E-state index in [4.69, 9.17) is 13.0 Å². The summed E-state index contributed by atoms with van der Waals surface area (Å²) >= 11 is 0. The van der Waals surface area contributed by atoms with Crippen molar-refractivity contribution >= 4 is 5.57 Å². The summed E-state index contributed by atoms with van der Waals surface area (Å²) in [5.41, 5.74) is 5.94. The molecular formula is C15H12. The fourth-order valence-corrected chi connectivity index (χ4v) is 1.28. The Morgan fingerprint density at radius 2 is 1.80 bits per heavy atom. The van der Waals surface area contributed by atoms with Crippen molar-refractivity contribution in [1.82, 2.24) is 0 Å². The molecule has 0 unspecified atom stereocenters. The molecule has 0 spiro atoms. The fraction of sp³-hybridized carbons (Fsp3) is 0.133. The largest absolute Gasteiger partial charge is 0.115 e. The molecule has 72 valence electrons. The van der Waals surface area contributed by atoms with E-state index in [2.05, 4.69) is 11.7 Å². The van der Waals surface area contributed by atoms with E-state index in [1.807, 2.05) is 44.2 Å². The van der Waals surface area contributed by atoms with Crippen molar-refractivity contribution in [3.05, 3.63) is 59.4 Å². The Balaban J connectivity index is 3.27. The smallest absolute Gasteiger partial charge is 0.0497 e. The van der Waals surface area contributed by atoms with Gasteiger partial charge in [-0.3, -0.25) is 0 Å². The Labute approximate surface area is 91.6 Å². The Hall–Kier alpha value is -1.96. The topological polar surface area (TPSA) is 0 Å². The van der Waals surface area contributed by atoms with E-state index >= 15 is 0 Å². The zero-order valence-corrected chi connectivity index (χ0v) is 8.96. The van der Waals surface area contributed by atoms with Crippen molar-refractivity contribution in [2.24, 2.45) is 0 Å². The lowest BCUT2D eigenvalue weighted by Crippen LogP contribution is -1.87. The molecule has 0 bridgehead atoms. The van der Waals surface area contributed by atoms with E-state index in [9.17, 15) is 0 Å².